The summed E-state index contributed by atoms with van der Waals surface area (Å²) in [6, 6.07) is 7.85. The molecule has 0 saturated heterocycles. The number of alkyl halides is 6. The summed E-state index contributed by atoms with van der Waals surface area (Å²) in [5, 5.41) is 20.3. The molecule has 0 spiro atoms. The fraction of sp³-hybridized carbons (Fsp3) is 0.280. The van der Waals surface area contributed by atoms with Crippen LogP contribution in [0.4, 0.5) is 37.8 Å². The Morgan fingerprint density at radius 2 is 1.78 bits per heavy atom. The molecular weight excluding hydrogens is 564 g/mol. The number of ether oxygens (including phenoxy) is 1. The maximum Gasteiger partial charge on any atom is 0.426 e. The highest BCUT2D eigenvalue weighted by Gasteiger charge is 2.61. The van der Waals surface area contributed by atoms with E-state index in [1.807, 2.05) is 5.32 Å². The van der Waals surface area contributed by atoms with Crippen LogP contribution in [0.25, 0.3) is 11.6 Å². The van der Waals surface area contributed by atoms with Gasteiger partial charge in [-0.25, -0.2) is 4.98 Å². The molecule has 0 radical (unpaired) electrons. The van der Waals surface area contributed by atoms with Gasteiger partial charge in [0.25, 0.3) is 11.8 Å². The highest BCUT2D eigenvalue weighted by Crippen LogP contribution is 2.47. The van der Waals surface area contributed by atoms with Crippen molar-refractivity contribution in [2.45, 2.75) is 43.8 Å². The first-order valence-corrected chi connectivity index (χ1v) is 11.6. The number of carbonyl (C=O) groups excluding carboxylic acids is 1. The summed E-state index contributed by atoms with van der Waals surface area (Å²) in [5.41, 5.74) is -6.89. The van der Waals surface area contributed by atoms with Gasteiger partial charge in [0, 0.05) is 12.5 Å². The number of allylic oxidation sites excluding steroid dienone is 1. The molecule has 0 fully saturated rings. The Labute approximate surface area is 227 Å². The van der Waals surface area contributed by atoms with Crippen molar-refractivity contribution in [3.05, 3.63) is 88.8 Å². The molecule has 0 bridgehead atoms. The van der Waals surface area contributed by atoms with Gasteiger partial charge in [0.15, 0.2) is 0 Å². The number of anilines is 1. The van der Waals surface area contributed by atoms with Gasteiger partial charge in [-0.3, -0.25) is 14.9 Å². The summed E-state index contributed by atoms with van der Waals surface area (Å²) in [4.78, 5) is 25.9. The lowest BCUT2D eigenvalue weighted by Crippen LogP contribution is -2.45. The van der Waals surface area contributed by atoms with E-state index >= 15 is 0 Å². The zero-order chi connectivity index (χ0) is 30.4. The van der Waals surface area contributed by atoms with Crippen molar-refractivity contribution >= 4 is 17.4 Å². The fourth-order valence-corrected chi connectivity index (χ4v) is 3.58. The molecule has 10 nitrogen and oxygen atoms in total. The van der Waals surface area contributed by atoms with Gasteiger partial charge in [-0.2, -0.15) is 26.3 Å². The predicted molar refractivity (Wildman–Crippen MR) is 131 cm³/mol. The maximum absolute atomic E-state index is 14.6. The quantitative estimate of drug-likeness (QED) is 0.110. The molecule has 1 N–H and O–H groups in total. The third-order valence-electron chi connectivity index (χ3n) is 5.55. The van der Waals surface area contributed by atoms with Crippen LogP contribution in [0.5, 0.6) is 0 Å². The summed E-state index contributed by atoms with van der Waals surface area (Å²) in [6.07, 6.45) is -9.60. The molecule has 1 amide bonds. The van der Waals surface area contributed by atoms with E-state index in [1.54, 1.807) is 18.2 Å². The summed E-state index contributed by atoms with van der Waals surface area (Å²) in [5.74, 6) is -4.36. The van der Waals surface area contributed by atoms with Crippen LogP contribution < -0.4 is 5.32 Å². The van der Waals surface area contributed by atoms with E-state index < -0.39 is 82.8 Å². The molecule has 0 aliphatic rings. The molecule has 3 aromatic rings. The summed E-state index contributed by atoms with van der Waals surface area (Å²) in [6.45, 7) is 6.13. The molecule has 1 atom stereocenters. The van der Waals surface area contributed by atoms with Crippen LogP contribution in [0.15, 0.2) is 66.1 Å². The van der Waals surface area contributed by atoms with Gasteiger partial charge in [-0.1, -0.05) is 42.5 Å². The minimum absolute atomic E-state index is 0.0519. The molecule has 41 heavy (non-hydrogen) atoms. The van der Waals surface area contributed by atoms with Gasteiger partial charge in [-0.15, -0.1) is 23.4 Å². The summed E-state index contributed by atoms with van der Waals surface area (Å²) < 4.78 is 95.2. The lowest BCUT2D eigenvalue weighted by Gasteiger charge is -2.32. The molecular formula is C25H21F6N5O5. The van der Waals surface area contributed by atoms with Gasteiger partial charge in [-0.05, 0) is 18.4 Å². The molecule has 2 heterocycles. The first kappa shape index (κ1) is 30.9. The Balaban J connectivity index is 2.19. The molecule has 1 aromatic carbocycles. The molecule has 0 aliphatic heterocycles. The number of hydrogen-bond acceptors (Lipinski definition) is 8. The lowest BCUT2D eigenvalue weighted by molar-refractivity contribution is -0.384. The Morgan fingerprint density at radius 3 is 2.34 bits per heavy atom. The smallest absolute Gasteiger partial charge is 0.415 e. The van der Waals surface area contributed by atoms with E-state index in [1.165, 1.54) is 18.2 Å². The highest BCUT2D eigenvalue weighted by atomic mass is 19.4. The molecule has 1 unspecified atom stereocenters. The molecule has 0 aliphatic carbocycles. The Kier molecular flexibility index (Phi) is 9.27. The monoisotopic (exact) mass is 585 g/mol. The van der Waals surface area contributed by atoms with E-state index in [-0.39, 0.29) is 12.5 Å². The van der Waals surface area contributed by atoms with E-state index in [0.717, 1.165) is 6.08 Å². The number of hydrogen-bond donors (Lipinski definition) is 1. The van der Waals surface area contributed by atoms with Crippen LogP contribution in [0.1, 0.15) is 36.3 Å². The van der Waals surface area contributed by atoms with E-state index in [4.69, 9.17) is 9.15 Å². The number of carbonyl (C=O) groups is 1. The largest absolute Gasteiger partial charge is 0.426 e. The van der Waals surface area contributed by atoms with Crippen molar-refractivity contribution in [1.29, 1.82) is 0 Å². The van der Waals surface area contributed by atoms with Crippen LogP contribution in [-0.4, -0.2) is 32.2 Å². The van der Waals surface area contributed by atoms with E-state index in [2.05, 4.69) is 28.3 Å². The van der Waals surface area contributed by atoms with Crippen LogP contribution >= 0.6 is 0 Å². The minimum Gasteiger partial charge on any atom is -0.415 e. The fourth-order valence-electron chi connectivity index (χ4n) is 3.58. The highest BCUT2D eigenvalue weighted by molar-refractivity contribution is 5.92. The molecule has 3 rings (SSSR count). The van der Waals surface area contributed by atoms with Crippen molar-refractivity contribution in [2.24, 2.45) is 0 Å². The third kappa shape index (κ3) is 6.95. The van der Waals surface area contributed by atoms with Crippen molar-refractivity contribution in [1.82, 2.24) is 15.2 Å². The van der Waals surface area contributed by atoms with Gasteiger partial charge >= 0.3 is 18.0 Å². The van der Waals surface area contributed by atoms with Crippen molar-refractivity contribution in [3.8, 4) is 11.6 Å². The number of benzene rings is 1. The zero-order valence-electron chi connectivity index (χ0n) is 21.0. The second kappa shape index (κ2) is 12.3. The summed E-state index contributed by atoms with van der Waals surface area (Å²) >= 11 is 0. The SMILES string of the molecule is C=CCCC(OCc1ccccc1)(c1nnc(-c2nc(NC(=O)CC=C)c(C(F)(F)F)cc2[N+](=O)[O-])o1)C(F)(F)F. The Bertz CT molecular complexity index is 1420. The van der Waals surface area contributed by atoms with Gasteiger partial charge in [0.1, 0.15) is 11.4 Å². The molecule has 2 aromatic heterocycles. The second-order valence-electron chi connectivity index (χ2n) is 8.39. The number of rotatable bonds is 12. The standard InChI is InChI=1S/C25H21F6N5O5/c1-3-5-12-23(25(29,30)31,40-14-15-10-7-6-8-11-15)22-35-34-21(41-22)19-17(36(38)39)13-16(24(26,27)28)20(33-19)32-18(37)9-4-2/h3-4,6-8,10-11,13H,1-2,5,9,12,14H2,(H,32,33,37). The maximum atomic E-state index is 14.6. The topological polar surface area (TPSA) is 133 Å². The second-order valence-corrected chi connectivity index (χ2v) is 8.39. The number of pyridine rings is 1. The van der Waals surface area contributed by atoms with Crippen molar-refractivity contribution < 1.29 is 45.2 Å². The summed E-state index contributed by atoms with van der Waals surface area (Å²) in [7, 11) is 0. The van der Waals surface area contributed by atoms with Crippen LogP contribution in [0, 0.1) is 10.1 Å². The van der Waals surface area contributed by atoms with Crippen molar-refractivity contribution in [2.75, 3.05) is 5.32 Å². The van der Waals surface area contributed by atoms with Crippen LogP contribution in [-0.2, 0) is 27.9 Å². The average molecular weight is 585 g/mol. The van der Waals surface area contributed by atoms with E-state index in [0.29, 0.717) is 5.56 Å². The Morgan fingerprint density at radius 1 is 1.10 bits per heavy atom. The number of nitro groups is 1. The number of nitrogens with one attached hydrogen (secondary N) is 1. The van der Waals surface area contributed by atoms with Gasteiger partial charge in [0.05, 0.1) is 11.5 Å². The number of nitrogens with zero attached hydrogens (tertiary/aromatic N) is 4. The third-order valence-corrected chi connectivity index (χ3v) is 5.55. The molecule has 0 saturated carbocycles. The zero-order valence-corrected chi connectivity index (χ0v) is 21.0. The van der Waals surface area contributed by atoms with Crippen molar-refractivity contribution in [3.63, 3.8) is 0 Å². The first-order valence-electron chi connectivity index (χ1n) is 11.6. The van der Waals surface area contributed by atoms with Gasteiger partial charge < -0.3 is 14.5 Å². The van der Waals surface area contributed by atoms with E-state index in [9.17, 15) is 41.3 Å². The van der Waals surface area contributed by atoms with Gasteiger partial charge in [0.2, 0.25) is 17.2 Å². The van der Waals surface area contributed by atoms with Crippen LogP contribution in [0.3, 0.4) is 0 Å². The van der Waals surface area contributed by atoms with Crippen LogP contribution in [0.2, 0.25) is 0 Å². The Hall–Kier alpha value is -4.60. The molecule has 16 heteroatoms. The minimum atomic E-state index is -5.21. The molecule has 218 valence electrons. The lowest BCUT2D eigenvalue weighted by atomic mass is 9.96. The first-order chi connectivity index (χ1) is 19.2. The predicted octanol–water partition coefficient (Wildman–Crippen LogP) is 6.51. The number of halogens is 6. The number of amides is 1. The number of aromatic nitrogens is 3. The average Bonchev–Trinajstić information content (AvgIpc) is 3.38. The normalized spacial score (nSPS) is 13.3.